The summed E-state index contributed by atoms with van der Waals surface area (Å²) >= 11 is 0. The highest BCUT2D eigenvalue weighted by atomic mass is 16.5. The number of rotatable bonds is 11. The fourth-order valence-electron chi connectivity index (χ4n) is 5.93. The van der Waals surface area contributed by atoms with Crippen molar-refractivity contribution >= 4 is 35.3 Å². The number of esters is 1. The van der Waals surface area contributed by atoms with Gasteiger partial charge in [-0.1, -0.05) is 24.3 Å². The predicted molar refractivity (Wildman–Crippen MR) is 192 cm³/mol. The van der Waals surface area contributed by atoms with Gasteiger partial charge in [0.05, 0.1) is 33.1 Å². The molecule has 272 valence electrons. The van der Waals surface area contributed by atoms with Gasteiger partial charge in [0.1, 0.15) is 40.1 Å². The number of ketones is 1. The summed E-state index contributed by atoms with van der Waals surface area (Å²) in [6.45, 7) is 1.72. The molecule has 1 heterocycles. The average Bonchev–Trinajstić information content (AvgIpc) is 3.10. The van der Waals surface area contributed by atoms with Crippen LogP contribution in [0.2, 0.25) is 0 Å². The number of nitrogens with one attached hydrogen (secondary N) is 2. The van der Waals surface area contributed by atoms with Crippen LogP contribution in [0.25, 0.3) is 6.08 Å². The molecule has 4 rings (SSSR count). The van der Waals surface area contributed by atoms with Crippen molar-refractivity contribution < 1.29 is 48.3 Å². The van der Waals surface area contributed by atoms with Crippen LogP contribution in [0.1, 0.15) is 91.3 Å². The molecule has 12 nitrogen and oxygen atoms in total. The third-order valence-corrected chi connectivity index (χ3v) is 8.66. The zero-order chi connectivity index (χ0) is 36.9. The van der Waals surface area contributed by atoms with Crippen LogP contribution in [0, 0.1) is 0 Å². The normalized spacial score (nSPS) is 15.8. The number of Topliss-reactive ketones (excluding diaryl/α,β-unsaturated/α-hetero) is 1. The minimum atomic E-state index is -0.910. The van der Waals surface area contributed by atoms with Crippen molar-refractivity contribution in [2.24, 2.45) is 0 Å². The second-order valence-electron chi connectivity index (χ2n) is 12.3. The highest BCUT2D eigenvalue weighted by Crippen LogP contribution is 2.44. The first-order valence-corrected chi connectivity index (χ1v) is 16.9. The molecule has 1 aliphatic heterocycles. The van der Waals surface area contributed by atoms with Crippen LogP contribution >= 0.6 is 0 Å². The van der Waals surface area contributed by atoms with E-state index in [2.05, 4.69) is 10.6 Å². The number of hydrogen-bond acceptors (Lipinski definition) is 10. The second-order valence-corrected chi connectivity index (χ2v) is 12.3. The molecule has 51 heavy (non-hydrogen) atoms. The first kappa shape index (κ1) is 38.3. The number of allylic oxidation sites excluding steroid dienone is 1. The number of fused-ring (bicyclic) bond motifs is 1. The Hall–Kier alpha value is -5.52. The van der Waals surface area contributed by atoms with Gasteiger partial charge >= 0.3 is 5.97 Å². The number of phenolic OH excluding ortho intramolecular Hbond substituents is 2. The van der Waals surface area contributed by atoms with Crippen LogP contribution in [-0.2, 0) is 19.1 Å². The van der Waals surface area contributed by atoms with Crippen molar-refractivity contribution in [3.05, 3.63) is 76.9 Å². The summed E-state index contributed by atoms with van der Waals surface area (Å²) in [7, 11) is 4.52. The van der Waals surface area contributed by atoms with Crippen molar-refractivity contribution in [3.63, 3.8) is 0 Å². The minimum Gasteiger partial charge on any atom is -0.507 e. The van der Waals surface area contributed by atoms with Crippen molar-refractivity contribution in [2.75, 3.05) is 33.2 Å². The lowest BCUT2D eigenvalue weighted by atomic mass is 9.84. The molecule has 0 bridgehead atoms. The van der Waals surface area contributed by atoms with Gasteiger partial charge in [0.15, 0.2) is 0 Å². The summed E-state index contributed by atoms with van der Waals surface area (Å²) in [4.78, 5) is 51.9. The van der Waals surface area contributed by atoms with Crippen LogP contribution in [0.3, 0.4) is 0 Å². The molecule has 0 aromatic heterocycles. The van der Waals surface area contributed by atoms with Gasteiger partial charge in [0.2, 0.25) is 11.8 Å². The number of ether oxygens (including phenoxy) is 4. The van der Waals surface area contributed by atoms with Crippen molar-refractivity contribution in [3.8, 4) is 28.7 Å². The summed E-state index contributed by atoms with van der Waals surface area (Å²) < 4.78 is 21.5. The van der Waals surface area contributed by atoms with Gasteiger partial charge in [-0.25, -0.2) is 4.79 Å². The fraction of sp³-hybridized carbons (Fsp3) is 0.385. The molecule has 3 aromatic rings. The van der Waals surface area contributed by atoms with E-state index in [0.717, 1.165) is 0 Å². The van der Waals surface area contributed by atoms with Crippen molar-refractivity contribution in [2.45, 2.75) is 70.3 Å². The maximum Gasteiger partial charge on any atom is 0.342 e. The monoisotopic (exact) mass is 702 g/mol. The quantitative estimate of drug-likeness (QED) is 0.167. The molecule has 12 heteroatoms. The number of hydrogen-bond donors (Lipinski definition) is 4. The molecule has 2 atom stereocenters. The predicted octanol–water partition coefficient (Wildman–Crippen LogP) is 6.27. The van der Waals surface area contributed by atoms with E-state index in [0.29, 0.717) is 67.0 Å². The molecule has 0 saturated carbocycles. The zero-order valence-corrected chi connectivity index (χ0v) is 29.5. The molecule has 3 aromatic carbocycles. The highest BCUT2D eigenvalue weighted by Gasteiger charge is 2.31. The smallest absolute Gasteiger partial charge is 0.342 e. The van der Waals surface area contributed by atoms with E-state index in [-0.39, 0.29) is 53.5 Å². The van der Waals surface area contributed by atoms with Crippen molar-refractivity contribution in [1.82, 2.24) is 5.32 Å². The molecule has 1 aliphatic rings. The third kappa shape index (κ3) is 10.5. The number of aromatic hydroxyl groups is 2. The summed E-state index contributed by atoms with van der Waals surface area (Å²) in [5.74, 6) is -1.66. The van der Waals surface area contributed by atoms with Gasteiger partial charge in [-0.3, -0.25) is 14.4 Å². The van der Waals surface area contributed by atoms with Crippen LogP contribution < -0.4 is 24.8 Å². The Morgan fingerprint density at radius 1 is 0.922 bits per heavy atom. The number of benzene rings is 3. The van der Waals surface area contributed by atoms with E-state index in [9.17, 15) is 29.4 Å². The zero-order valence-electron chi connectivity index (χ0n) is 29.5. The largest absolute Gasteiger partial charge is 0.507 e. The lowest BCUT2D eigenvalue weighted by Gasteiger charge is -2.23. The van der Waals surface area contributed by atoms with E-state index < -0.39 is 29.6 Å². The summed E-state index contributed by atoms with van der Waals surface area (Å²) in [5.41, 5.74) is 1.09. The Morgan fingerprint density at radius 2 is 1.63 bits per heavy atom. The standard InChI is InChI=1S/C39H46N2O10/c1-24-9-8-12-27(42)11-7-5-6-10-26-21-32(43)37(38(46)36(26)39(47)51-24)30(25-13-15-28(48-2)16-14-25)23-35(45)40-20-19-34(44)41-31-18-17-29(49-3)22-33(31)50-4/h6,10,13-18,21-22,24,30,43,46H,5,7-9,11-12,19-20,23H2,1-4H3,(H,40,45)(H,41,44)/t24-,30?/m0/s1. The Bertz CT molecular complexity index is 1730. The summed E-state index contributed by atoms with van der Waals surface area (Å²) in [6, 6.07) is 13.1. The number of phenols is 2. The van der Waals surface area contributed by atoms with E-state index in [4.69, 9.17) is 18.9 Å². The van der Waals surface area contributed by atoms with Crippen LogP contribution in [0.4, 0.5) is 5.69 Å². The van der Waals surface area contributed by atoms with Gasteiger partial charge in [-0.2, -0.15) is 0 Å². The lowest BCUT2D eigenvalue weighted by molar-refractivity contribution is -0.121. The van der Waals surface area contributed by atoms with Gasteiger partial charge in [-0.05, 0) is 74.1 Å². The van der Waals surface area contributed by atoms with Gasteiger partial charge in [-0.15, -0.1) is 0 Å². The Labute approximate surface area is 297 Å². The first-order valence-electron chi connectivity index (χ1n) is 16.9. The van der Waals surface area contributed by atoms with Gasteiger partial charge in [0.25, 0.3) is 0 Å². The SMILES string of the molecule is COc1ccc(C(CC(=O)NCCC(=O)Nc2ccc(OC)cc2OC)c2c(O)cc3c(c2O)C(=O)O[C@@H](C)CCCC(=O)CCCC=C3)cc1. The highest BCUT2D eigenvalue weighted by molar-refractivity contribution is 5.98. The lowest BCUT2D eigenvalue weighted by Crippen LogP contribution is -2.29. The number of methoxy groups -OCH3 is 3. The number of cyclic esters (lactones) is 1. The number of carbonyl (C=O) groups excluding carboxylic acids is 4. The first-order chi connectivity index (χ1) is 24.5. The van der Waals surface area contributed by atoms with Gasteiger partial charge < -0.3 is 39.8 Å². The molecular formula is C39H46N2O10. The van der Waals surface area contributed by atoms with E-state index in [1.54, 1.807) is 61.5 Å². The van der Waals surface area contributed by atoms with E-state index >= 15 is 0 Å². The van der Waals surface area contributed by atoms with E-state index in [1.165, 1.54) is 27.4 Å². The summed E-state index contributed by atoms with van der Waals surface area (Å²) in [6.07, 6.45) is 5.63. The van der Waals surface area contributed by atoms with Gasteiger partial charge in [0, 0.05) is 49.8 Å². The minimum absolute atomic E-state index is 0.00122. The second kappa shape index (κ2) is 18.5. The third-order valence-electron chi connectivity index (χ3n) is 8.66. The Balaban J connectivity index is 1.60. The fourth-order valence-corrected chi connectivity index (χ4v) is 5.93. The number of amides is 2. The molecule has 0 saturated heterocycles. The Morgan fingerprint density at radius 3 is 2.33 bits per heavy atom. The van der Waals surface area contributed by atoms with Crippen LogP contribution in [0.5, 0.6) is 28.7 Å². The molecular weight excluding hydrogens is 656 g/mol. The Kier molecular flexibility index (Phi) is 13.9. The van der Waals surface area contributed by atoms with Crippen LogP contribution in [-0.4, -0.2) is 67.8 Å². The molecule has 0 radical (unpaired) electrons. The van der Waals surface area contributed by atoms with Crippen LogP contribution in [0.15, 0.2) is 54.6 Å². The average molecular weight is 703 g/mol. The maximum absolute atomic E-state index is 13.6. The van der Waals surface area contributed by atoms with Crippen molar-refractivity contribution in [1.29, 1.82) is 0 Å². The molecule has 0 fully saturated rings. The maximum atomic E-state index is 13.6. The summed E-state index contributed by atoms with van der Waals surface area (Å²) in [5, 5.41) is 28.6. The molecule has 1 unspecified atom stereocenters. The molecule has 2 amide bonds. The number of anilines is 1. The molecule has 4 N–H and O–H groups in total. The van der Waals surface area contributed by atoms with E-state index in [1.807, 2.05) is 0 Å². The topological polar surface area (TPSA) is 170 Å². The molecule has 0 aliphatic carbocycles. The molecule has 0 spiro atoms. The number of carbonyl (C=O) groups is 4.